The van der Waals surface area contributed by atoms with Gasteiger partial charge in [0.1, 0.15) is 0 Å². The fraction of sp³-hybridized carbons (Fsp3) is 0.462. The second-order valence-corrected chi connectivity index (χ2v) is 3.72. The Labute approximate surface area is 96.1 Å². The Morgan fingerprint density at radius 3 is 2.62 bits per heavy atom. The maximum atomic E-state index is 10.9. The van der Waals surface area contributed by atoms with Crippen molar-refractivity contribution < 1.29 is 14.6 Å². The van der Waals surface area contributed by atoms with E-state index in [1.165, 1.54) is 0 Å². The number of aliphatic carboxylic acids is 1. The highest BCUT2D eigenvalue weighted by molar-refractivity contribution is 5.72. The van der Waals surface area contributed by atoms with Crippen molar-refractivity contribution in [1.82, 2.24) is 0 Å². The van der Waals surface area contributed by atoms with Crippen molar-refractivity contribution in [2.75, 3.05) is 6.61 Å². The van der Waals surface area contributed by atoms with Crippen LogP contribution in [0.3, 0.4) is 0 Å². The Kier molecular flexibility index (Phi) is 5.57. The van der Waals surface area contributed by atoms with Crippen molar-refractivity contribution >= 4 is 5.97 Å². The molecule has 1 unspecified atom stereocenters. The SMILES string of the molecule is CCCOC(CCc1ccccc1)C(=O)O. The molecule has 1 atom stereocenters. The van der Waals surface area contributed by atoms with Gasteiger partial charge in [-0.05, 0) is 24.8 Å². The lowest BCUT2D eigenvalue weighted by Gasteiger charge is -2.12. The predicted molar refractivity (Wildman–Crippen MR) is 62.4 cm³/mol. The third-order valence-corrected chi connectivity index (χ3v) is 2.34. The number of carboxylic acids is 1. The molecule has 0 spiro atoms. The molecule has 0 aromatic heterocycles. The van der Waals surface area contributed by atoms with E-state index in [4.69, 9.17) is 9.84 Å². The molecule has 0 bridgehead atoms. The molecule has 0 fully saturated rings. The van der Waals surface area contributed by atoms with Crippen LogP contribution >= 0.6 is 0 Å². The first-order chi connectivity index (χ1) is 7.74. The van der Waals surface area contributed by atoms with E-state index in [0.29, 0.717) is 13.0 Å². The second kappa shape index (κ2) is 7.01. The highest BCUT2D eigenvalue weighted by atomic mass is 16.5. The zero-order chi connectivity index (χ0) is 11.8. The molecule has 1 rings (SSSR count). The second-order valence-electron chi connectivity index (χ2n) is 3.72. The summed E-state index contributed by atoms with van der Waals surface area (Å²) in [4.78, 5) is 10.9. The van der Waals surface area contributed by atoms with Crippen LogP contribution in [0.2, 0.25) is 0 Å². The van der Waals surface area contributed by atoms with Gasteiger partial charge < -0.3 is 9.84 Å². The fourth-order valence-electron chi connectivity index (χ4n) is 1.48. The minimum absolute atomic E-state index is 0.506. The minimum atomic E-state index is -0.871. The summed E-state index contributed by atoms with van der Waals surface area (Å²) < 4.78 is 5.27. The summed E-state index contributed by atoms with van der Waals surface area (Å²) in [7, 11) is 0. The molecule has 0 aliphatic heterocycles. The molecule has 1 aromatic rings. The summed E-state index contributed by atoms with van der Waals surface area (Å²) in [5.41, 5.74) is 1.15. The average Bonchev–Trinajstić information content (AvgIpc) is 2.30. The van der Waals surface area contributed by atoms with E-state index in [2.05, 4.69) is 0 Å². The van der Waals surface area contributed by atoms with Gasteiger partial charge in [0, 0.05) is 6.61 Å². The Balaban J connectivity index is 2.41. The highest BCUT2D eigenvalue weighted by Gasteiger charge is 2.17. The highest BCUT2D eigenvalue weighted by Crippen LogP contribution is 2.08. The first-order valence-corrected chi connectivity index (χ1v) is 5.62. The zero-order valence-corrected chi connectivity index (χ0v) is 9.56. The molecular weight excluding hydrogens is 204 g/mol. The van der Waals surface area contributed by atoms with Crippen LogP contribution in [0, 0.1) is 0 Å². The molecule has 0 heterocycles. The Morgan fingerprint density at radius 1 is 1.38 bits per heavy atom. The van der Waals surface area contributed by atoms with Crippen molar-refractivity contribution in [3.05, 3.63) is 35.9 Å². The number of benzene rings is 1. The maximum Gasteiger partial charge on any atom is 0.332 e. The molecule has 1 N–H and O–H groups in total. The van der Waals surface area contributed by atoms with Gasteiger partial charge in [-0.1, -0.05) is 37.3 Å². The third-order valence-electron chi connectivity index (χ3n) is 2.34. The van der Waals surface area contributed by atoms with Crippen LogP contribution in [0.15, 0.2) is 30.3 Å². The Hall–Kier alpha value is -1.35. The average molecular weight is 222 g/mol. The van der Waals surface area contributed by atoms with Crippen LogP contribution in [-0.4, -0.2) is 23.8 Å². The number of ether oxygens (including phenoxy) is 1. The summed E-state index contributed by atoms with van der Waals surface area (Å²) in [6.07, 6.45) is 1.43. The molecule has 0 radical (unpaired) electrons. The smallest absolute Gasteiger partial charge is 0.332 e. The molecule has 16 heavy (non-hydrogen) atoms. The van der Waals surface area contributed by atoms with E-state index in [9.17, 15) is 4.79 Å². The summed E-state index contributed by atoms with van der Waals surface area (Å²) in [6.45, 7) is 2.47. The molecule has 0 saturated heterocycles. The number of hydrogen-bond donors (Lipinski definition) is 1. The number of carbonyl (C=O) groups is 1. The molecule has 0 aliphatic carbocycles. The topological polar surface area (TPSA) is 46.5 Å². The quantitative estimate of drug-likeness (QED) is 0.771. The van der Waals surface area contributed by atoms with Gasteiger partial charge in [0.15, 0.2) is 6.10 Å². The number of rotatable bonds is 7. The monoisotopic (exact) mass is 222 g/mol. The molecule has 3 heteroatoms. The number of aryl methyl sites for hydroxylation is 1. The van der Waals surface area contributed by atoms with Crippen molar-refractivity contribution in [2.24, 2.45) is 0 Å². The first-order valence-electron chi connectivity index (χ1n) is 5.62. The van der Waals surface area contributed by atoms with Gasteiger partial charge in [-0.25, -0.2) is 4.79 Å². The van der Waals surface area contributed by atoms with E-state index in [-0.39, 0.29) is 0 Å². The van der Waals surface area contributed by atoms with Crippen LogP contribution < -0.4 is 0 Å². The number of carboxylic acid groups (broad SMARTS) is 1. The Morgan fingerprint density at radius 2 is 2.06 bits per heavy atom. The van der Waals surface area contributed by atoms with Crippen molar-refractivity contribution in [3.63, 3.8) is 0 Å². The van der Waals surface area contributed by atoms with Gasteiger partial charge in [0.05, 0.1) is 0 Å². The summed E-state index contributed by atoms with van der Waals surface area (Å²) >= 11 is 0. The van der Waals surface area contributed by atoms with Crippen LogP contribution in [0.25, 0.3) is 0 Å². The van der Waals surface area contributed by atoms with Gasteiger partial charge in [-0.15, -0.1) is 0 Å². The number of hydrogen-bond acceptors (Lipinski definition) is 2. The molecule has 0 aliphatic rings. The van der Waals surface area contributed by atoms with Gasteiger partial charge in [-0.3, -0.25) is 0 Å². The van der Waals surface area contributed by atoms with E-state index in [1.54, 1.807) is 0 Å². The minimum Gasteiger partial charge on any atom is -0.479 e. The molecule has 0 saturated carbocycles. The van der Waals surface area contributed by atoms with Crippen LogP contribution in [-0.2, 0) is 16.0 Å². The largest absolute Gasteiger partial charge is 0.479 e. The molecule has 1 aromatic carbocycles. The van der Waals surface area contributed by atoms with Crippen LogP contribution in [0.4, 0.5) is 0 Å². The standard InChI is InChI=1S/C13H18O3/c1-2-10-16-12(13(14)15)9-8-11-6-4-3-5-7-11/h3-7,12H,2,8-10H2,1H3,(H,14,15). The van der Waals surface area contributed by atoms with E-state index in [1.807, 2.05) is 37.3 Å². The molecule has 3 nitrogen and oxygen atoms in total. The van der Waals surface area contributed by atoms with E-state index >= 15 is 0 Å². The van der Waals surface area contributed by atoms with Crippen molar-refractivity contribution in [1.29, 1.82) is 0 Å². The fourth-order valence-corrected chi connectivity index (χ4v) is 1.48. The van der Waals surface area contributed by atoms with Gasteiger partial charge in [0.25, 0.3) is 0 Å². The van der Waals surface area contributed by atoms with Gasteiger partial charge in [0.2, 0.25) is 0 Å². The van der Waals surface area contributed by atoms with Gasteiger partial charge in [-0.2, -0.15) is 0 Å². The van der Waals surface area contributed by atoms with E-state index < -0.39 is 12.1 Å². The predicted octanol–water partition coefficient (Wildman–Crippen LogP) is 2.50. The summed E-state index contributed by atoms with van der Waals surface area (Å²) in [5, 5.41) is 8.95. The maximum absolute atomic E-state index is 10.9. The molecular formula is C13H18O3. The lowest BCUT2D eigenvalue weighted by atomic mass is 10.1. The molecule has 0 amide bonds. The van der Waals surface area contributed by atoms with Crippen LogP contribution in [0.1, 0.15) is 25.3 Å². The summed E-state index contributed by atoms with van der Waals surface area (Å²) in [5.74, 6) is -0.871. The molecule has 88 valence electrons. The zero-order valence-electron chi connectivity index (χ0n) is 9.56. The third kappa shape index (κ3) is 4.45. The normalized spacial score (nSPS) is 12.3. The van der Waals surface area contributed by atoms with Crippen LogP contribution in [0.5, 0.6) is 0 Å². The summed E-state index contributed by atoms with van der Waals surface area (Å²) in [6, 6.07) is 9.86. The first kappa shape index (κ1) is 12.7. The van der Waals surface area contributed by atoms with Crippen molar-refractivity contribution in [3.8, 4) is 0 Å². The van der Waals surface area contributed by atoms with Gasteiger partial charge >= 0.3 is 5.97 Å². The van der Waals surface area contributed by atoms with E-state index in [0.717, 1.165) is 18.4 Å². The lowest BCUT2D eigenvalue weighted by molar-refractivity contribution is -0.150. The lowest BCUT2D eigenvalue weighted by Crippen LogP contribution is -2.24. The van der Waals surface area contributed by atoms with Crippen molar-refractivity contribution in [2.45, 2.75) is 32.3 Å². The Bertz CT molecular complexity index is 308.